The van der Waals surface area contributed by atoms with Gasteiger partial charge in [0.05, 0.1) is 40.7 Å². The predicted octanol–water partition coefficient (Wildman–Crippen LogP) is 4.93. The number of hydrogen-bond donors (Lipinski definition) is 4. The van der Waals surface area contributed by atoms with E-state index >= 15 is 0 Å². The van der Waals surface area contributed by atoms with E-state index in [0.29, 0.717) is 28.5 Å². The van der Waals surface area contributed by atoms with Crippen LogP contribution in [0.3, 0.4) is 0 Å². The molecule has 0 fully saturated rings. The van der Waals surface area contributed by atoms with Gasteiger partial charge in [0, 0.05) is 30.2 Å². The number of nitrogens with one attached hydrogen (secondary N) is 1. The first-order valence-corrected chi connectivity index (χ1v) is 17.7. The maximum Gasteiger partial charge on any atom is 0.397 e. The normalized spacial score (nSPS) is 12.1. The number of aromatic hydroxyl groups is 1. The van der Waals surface area contributed by atoms with Crippen LogP contribution in [0.2, 0.25) is 10.6 Å². The monoisotopic (exact) mass is 763 g/mol. The Hall–Kier alpha value is -3.77. The lowest BCUT2D eigenvalue weighted by atomic mass is 10.1. The van der Waals surface area contributed by atoms with Gasteiger partial charge >= 0.3 is 10.4 Å². The highest BCUT2D eigenvalue weighted by Gasteiger charge is 2.19. The zero-order chi connectivity index (χ0) is 35.1. The van der Waals surface area contributed by atoms with Crippen LogP contribution in [0.15, 0.2) is 63.7 Å². The number of hydrogen-bond acceptors (Lipinski definition) is 17. The minimum Gasteiger partial charge on any atom is -0.505 e. The highest BCUT2D eigenvalue weighted by molar-refractivity contribution is 7.94. The molecule has 0 aliphatic rings. The van der Waals surface area contributed by atoms with Crippen LogP contribution in [0.1, 0.15) is 10.4 Å². The SMILES string of the molecule is CN(CCS(=O)(=O)CCOS(=O)(=O)O)C(=O)c1cccc(/N=N/c2c(SOOO)cc3cc(Nc4nc(Cl)nc(Cl)n4)ccc3c2O)c1. The van der Waals surface area contributed by atoms with Crippen molar-refractivity contribution >= 4 is 95.2 Å². The van der Waals surface area contributed by atoms with Crippen molar-refractivity contribution in [1.29, 1.82) is 0 Å². The van der Waals surface area contributed by atoms with Gasteiger partial charge in [0.25, 0.3) is 5.91 Å². The predicted molar refractivity (Wildman–Crippen MR) is 173 cm³/mol. The molecule has 0 radical (unpaired) electrons. The number of carbonyl (C=O) groups excluding carboxylic acids is 1. The van der Waals surface area contributed by atoms with E-state index in [2.05, 4.69) is 44.1 Å². The van der Waals surface area contributed by atoms with E-state index < -0.39 is 44.3 Å². The van der Waals surface area contributed by atoms with Gasteiger partial charge in [-0.05, 0) is 71.1 Å². The summed E-state index contributed by atoms with van der Waals surface area (Å²) in [7, 11) is -7.24. The Morgan fingerprint density at radius 1 is 1.02 bits per heavy atom. The van der Waals surface area contributed by atoms with E-state index in [1.807, 2.05) is 0 Å². The molecule has 4 rings (SSSR count). The van der Waals surface area contributed by atoms with Crippen molar-refractivity contribution in [2.45, 2.75) is 4.90 Å². The van der Waals surface area contributed by atoms with Gasteiger partial charge in [-0.1, -0.05) is 11.1 Å². The van der Waals surface area contributed by atoms with Crippen LogP contribution in [0.25, 0.3) is 10.8 Å². The number of nitrogens with zero attached hydrogens (tertiary/aromatic N) is 6. The molecule has 0 bridgehead atoms. The minimum atomic E-state index is -4.78. The minimum absolute atomic E-state index is 0.0708. The van der Waals surface area contributed by atoms with E-state index in [-0.39, 0.29) is 50.6 Å². The van der Waals surface area contributed by atoms with Crippen molar-refractivity contribution in [3.8, 4) is 5.75 Å². The molecule has 23 heteroatoms. The summed E-state index contributed by atoms with van der Waals surface area (Å²) >= 11 is 12.2. The summed E-state index contributed by atoms with van der Waals surface area (Å²) in [5.41, 5.74) is 0.739. The number of sulfone groups is 1. The number of phenols is 1. The van der Waals surface area contributed by atoms with Gasteiger partial charge in [-0.3, -0.25) is 9.35 Å². The number of phenolic OH excluding ortho intramolecular Hbond substituents is 1. The second kappa shape index (κ2) is 16.1. The van der Waals surface area contributed by atoms with Gasteiger partial charge < -0.3 is 15.3 Å². The zero-order valence-corrected chi connectivity index (χ0v) is 28.2. The molecule has 1 aromatic heterocycles. The average Bonchev–Trinajstić information content (AvgIpc) is 3.00. The van der Waals surface area contributed by atoms with Crippen LogP contribution < -0.4 is 5.32 Å². The Kier molecular flexibility index (Phi) is 12.4. The molecular formula is C25H23Cl2N7O11S3. The average molecular weight is 765 g/mol. The number of azo groups is 1. The van der Waals surface area contributed by atoms with Gasteiger partial charge in [0.2, 0.25) is 16.5 Å². The number of fused-ring (bicyclic) bond motifs is 1. The number of carbonyl (C=O) groups is 1. The molecule has 0 saturated heterocycles. The van der Waals surface area contributed by atoms with Crippen LogP contribution in [-0.4, -0.2) is 89.2 Å². The van der Waals surface area contributed by atoms with Crippen molar-refractivity contribution in [2.24, 2.45) is 10.2 Å². The quantitative estimate of drug-likeness (QED) is 0.0411. The van der Waals surface area contributed by atoms with Crippen LogP contribution >= 0.6 is 35.2 Å². The highest BCUT2D eigenvalue weighted by Crippen LogP contribution is 2.44. The van der Waals surface area contributed by atoms with E-state index in [1.54, 1.807) is 24.3 Å². The molecule has 18 nitrogen and oxygen atoms in total. The Balaban J connectivity index is 1.53. The fourth-order valence-electron chi connectivity index (χ4n) is 3.93. The molecule has 3 aromatic carbocycles. The van der Waals surface area contributed by atoms with Crippen molar-refractivity contribution in [3.63, 3.8) is 0 Å². The molecule has 0 atom stereocenters. The molecule has 48 heavy (non-hydrogen) atoms. The number of benzene rings is 3. The largest absolute Gasteiger partial charge is 0.505 e. The van der Waals surface area contributed by atoms with Gasteiger partial charge in [-0.15, -0.1) is 9.45 Å². The smallest absolute Gasteiger partial charge is 0.397 e. The number of rotatable bonds is 15. The Morgan fingerprint density at radius 2 is 1.75 bits per heavy atom. The third kappa shape index (κ3) is 10.6. The summed E-state index contributed by atoms with van der Waals surface area (Å²) in [5, 5.41) is 35.3. The lowest BCUT2D eigenvalue weighted by Crippen LogP contribution is -2.32. The van der Waals surface area contributed by atoms with Gasteiger partial charge in [0.1, 0.15) is 5.69 Å². The second-order valence-corrected chi connectivity index (χ2v) is 14.2. The van der Waals surface area contributed by atoms with Crippen LogP contribution in [0.5, 0.6) is 5.75 Å². The Bertz CT molecular complexity index is 2050. The standard InChI is InChI=1S/C25H23Cl2N7O11S3/c1-34(7-9-47(38,39)10-8-43-48(40,41)42)22(36)14-3-2-4-17(11-14)32-33-20-19(46-45-44-37)13-15-12-16(5-6-18(15)21(20)35)28-25-30-23(26)29-24(27)31-25/h2-6,11-13,35,37H,7-10H2,1H3,(H,40,41,42)(H,28,29,30,31)/b33-32+. The number of aromatic nitrogens is 3. The van der Waals surface area contributed by atoms with Gasteiger partial charge in [-0.2, -0.15) is 28.5 Å². The molecule has 0 unspecified atom stereocenters. The molecule has 256 valence electrons. The summed E-state index contributed by atoms with van der Waals surface area (Å²) in [4.78, 5) is 25.8. The molecular weight excluding hydrogens is 741 g/mol. The first kappa shape index (κ1) is 37.1. The number of anilines is 2. The van der Waals surface area contributed by atoms with Gasteiger partial charge in [-0.25, -0.2) is 17.9 Å². The van der Waals surface area contributed by atoms with Crippen molar-refractivity contribution in [1.82, 2.24) is 19.9 Å². The number of halogens is 2. The van der Waals surface area contributed by atoms with Crippen molar-refractivity contribution in [2.75, 3.05) is 37.0 Å². The zero-order valence-electron chi connectivity index (χ0n) is 24.2. The third-order valence-electron chi connectivity index (χ3n) is 6.11. The first-order chi connectivity index (χ1) is 22.6. The Morgan fingerprint density at radius 3 is 2.44 bits per heavy atom. The molecule has 4 aromatic rings. The first-order valence-electron chi connectivity index (χ1n) is 13.0. The third-order valence-corrected chi connectivity index (χ3v) is 9.13. The van der Waals surface area contributed by atoms with E-state index in [1.165, 1.54) is 31.3 Å². The highest BCUT2D eigenvalue weighted by atomic mass is 35.5. The summed E-state index contributed by atoms with van der Waals surface area (Å²) in [6.07, 6.45) is 0. The summed E-state index contributed by atoms with van der Waals surface area (Å²) in [6.45, 7) is -1.00. The molecule has 4 N–H and O–H groups in total. The Labute approximate surface area is 286 Å². The van der Waals surface area contributed by atoms with Crippen molar-refractivity contribution < 1.29 is 50.1 Å². The van der Waals surface area contributed by atoms with E-state index in [4.69, 9.17) is 33.0 Å². The summed E-state index contributed by atoms with van der Waals surface area (Å²) in [6, 6.07) is 12.3. The maximum absolute atomic E-state index is 13.0. The van der Waals surface area contributed by atoms with Gasteiger partial charge in [0.15, 0.2) is 15.6 Å². The molecule has 0 aliphatic carbocycles. The van der Waals surface area contributed by atoms with E-state index in [0.717, 1.165) is 4.90 Å². The van der Waals surface area contributed by atoms with E-state index in [9.17, 15) is 26.7 Å². The fraction of sp³-hybridized carbons (Fsp3) is 0.200. The molecule has 0 aliphatic heterocycles. The van der Waals surface area contributed by atoms with Crippen molar-refractivity contribution in [3.05, 3.63) is 64.7 Å². The van der Waals surface area contributed by atoms with Crippen LogP contribution in [0, 0.1) is 0 Å². The molecule has 0 saturated carbocycles. The number of amides is 1. The second-order valence-electron chi connectivity index (χ2n) is 9.43. The topological polar surface area (TPSA) is 252 Å². The molecule has 1 heterocycles. The maximum atomic E-state index is 13.0. The lowest BCUT2D eigenvalue weighted by Gasteiger charge is -2.17. The fourth-order valence-corrected chi connectivity index (χ4v) is 6.28. The summed E-state index contributed by atoms with van der Waals surface area (Å²) in [5.74, 6) is -1.98. The molecule has 1 amide bonds. The van der Waals surface area contributed by atoms with Crippen LogP contribution in [0.4, 0.5) is 23.0 Å². The summed E-state index contributed by atoms with van der Waals surface area (Å²) < 4.78 is 62.8. The molecule has 0 spiro atoms. The van der Waals surface area contributed by atoms with Crippen LogP contribution in [-0.2, 0) is 33.8 Å². The lowest BCUT2D eigenvalue weighted by molar-refractivity contribution is -0.432.